The van der Waals surface area contributed by atoms with Gasteiger partial charge in [-0.2, -0.15) is 0 Å². The highest BCUT2D eigenvalue weighted by atomic mass is 16.3. The summed E-state index contributed by atoms with van der Waals surface area (Å²) in [6, 6.07) is 3.55. The standard InChI is InChI=1S/C19H29N3O3/c1-14(2)11-17(24)16-5-4-8-22(13-16)19(25)15-6-7-18(20-12-15)21(3)9-10-23/h6-7,12,14,16,23H,4-5,8-11,13H2,1-3H3/t16-/m1/s1. The van der Waals surface area contributed by atoms with Crippen molar-refractivity contribution in [1.82, 2.24) is 9.88 Å². The quantitative estimate of drug-likeness (QED) is 0.816. The zero-order chi connectivity index (χ0) is 18.4. The van der Waals surface area contributed by atoms with Crippen molar-refractivity contribution in [3.63, 3.8) is 0 Å². The first kappa shape index (κ1) is 19.4. The first-order valence-electron chi connectivity index (χ1n) is 9.02. The summed E-state index contributed by atoms with van der Waals surface area (Å²) < 4.78 is 0. The van der Waals surface area contributed by atoms with Gasteiger partial charge in [-0.3, -0.25) is 9.59 Å². The lowest BCUT2D eigenvalue weighted by Gasteiger charge is -2.32. The fraction of sp³-hybridized carbons (Fsp3) is 0.632. The molecule has 6 nitrogen and oxygen atoms in total. The number of nitrogens with zero attached hydrogens (tertiary/aromatic N) is 3. The number of amides is 1. The van der Waals surface area contributed by atoms with E-state index in [2.05, 4.69) is 4.98 Å². The summed E-state index contributed by atoms with van der Waals surface area (Å²) in [5.41, 5.74) is 0.540. The van der Waals surface area contributed by atoms with Crippen molar-refractivity contribution in [2.45, 2.75) is 33.1 Å². The summed E-state index contributed by atoms with van der Waals surface area (Å²) in [4.78, 5) is 33.0. The second-order valence-corrected chi connectivity index (χ2v) is 7.20. The van der Waals surface area contributed by atoms with Crippen molar-refractivity contribution in [1.29, 1.82) is 0 Å². The molecule has 0 saturated carbocycles. The fourth-order valence-corrected chi connectivity index (χ4v) is 3.18. The van der Waals surface area contributed by atoms with Gasteiger partial charge in [0.25, 0.3) is 5.91 Å². The van der Waals surface area contributed by atoms with Crippen LogP contribution < -0.4 is 4.90 Å². The first-order valence-corrected chi connectivity index (χ1v) is 9.02. The van der Waals surface area contributed by atoms with Gasteiger partial charge in [-0.25, -0.2) is 4.98 Å². The van der Waals surface area contributed by atoms with Crippen molar-refractivity contribution in [2.75, 3.05) is 38.2 Å². The Bertz CT molecular complexity index is 586. The second kappa shape index (κ2) is 8.94. The average Bonchev–Trinajstić information content (AvgIpc) is 2.61. The molecule has 1 aromatic heterocycles. The zero-order valence-corrected chi connectivity index (χ0v) is 15.4. The van der Waals surface area contributed by atoms with Crippen LogP contribution in [0.1, 0.15) is 43.5 Å². The Morgan fingerprint density at radius 2 is 2.16 bits per heavy atom. The molecular formula is C19H29N3O3. The maximum atomic E-state index is 12.7. The van der Waals surface area contributed by atoms with Crippen LogP contribution in [0.4, 0.5) is 5.82 Å². The van der Waals surface area contributed by atoms with E-state index in [0.29, 0.717) is 43.4 Å². The van der Waals surface area contributed by atoms with Crippen molar-refractivity contribution in [2.24, 2.45) is 11.8 Å². The molecule has 0 aromatic carbocycles. The number of rotatable bonds is 7. The molecule has 2 heterocycles. The van der Waals surface area contributed by atoms with Crippen LogP contribution in [0, 0.1) is 11.8 Å². The highest BCUT2D eigenvalue weighted by Gasteiger charge is 2.29. The molecule has 6 heteroatoms. The minimum Gasteiger partial charge on any atom is -0.395 e. The Morgan fingerprint density at radius 3 is 2.76 bits per heavy atom. The number of carbonyl (C=O) groups excluding carboxylic acids is 2. The number of likely N-dealkylation sites (tertiary alicyclic amines) is 1. The molecule has 1 aromatic rings. The normalized spacial score (nSPS) is 17.6. The number of pyridine rings is 1. The minimum absolute atomic E-state index is 0.0389. The number of anilines is 1. The first-order chi connectivity index (χ1) is 11.9. The molecule has 25 heavy (non-hydrogen) atoms. The topological polar surface area (TPSA) is 73.7 Å². The molecular weight excluding hydrogens is 318 g/mol. The lowest BCUT2D eigenvalue weighted by Crippen LogP contribution is -2.42. The van der Waals surface area contributed by atoms with Gasteiger partial charge in [-0.15, -0.1) is 0 Å². The van der Waals surface area contributed by atoms with E-state index in [9.17, 15) is 9.59 Å². The number of carbonyl (C=O) groups is 2. The summed E-state index contributed by atoms with van der Waals surface area (Å²) >= 11 is 0. The van der Waals surface area contributed by atoms with Gasteiger partial charge < -0.3 is 14.9 Å². The number of likely N-dealkylation sites (N-methyl/N-ethyl adjacent to an activating group) is 1. The Balaban J connectivity index is 2.00. The van der Waals surface area contributed by atoms with E-state index in [-0.39, 0.29) is 24.2 Å². The largest absolute Gasteiger partial charge is 0.395 e. The maximum absolute atomic E-state index is 12.7. The van der Waals surface area contributed by atoms with Gasteiger partial charge in [-0.05, 0) is 30.9 Å². The molecule has 1 aliphatic heterocycles. The summed E-state index contributed by atoms with van der Waals surface area (Å²) in [7, 11) is 1.84. The Hall–Kier alpha value is -1.95. The molecule has 2 rings (SSSR count). The van der Waals surface area contributed by atoms with Crippen LogP contribution in [0.3, 0.4) is 0 Å². The number of ketones is 1. The highest BCUT2D eigenvalue weighted by Crippen LogP contribution is 2.22. The molecule has 1 fully saturated rings. The van der Waals surface area contributed by atoms with Gasteiger partial charge in [0.2, 0.25) is 0 Å². The monoisotopic (exact) mass is 347 g/mol. The molecule has 138 valence electrons. The number of hydrogen-bond acceptors (Lipinski definition) is 5. The molecule has 0 spiro atoms. The molecule has 0 radical (unpaired) electrons. The number of aliphatic hydroxyl groups excluding tert-OH is 1. The van der Waals surface area contributed by atoms with Crippen molar-refractivity contribution < 1.29 is 14.7 Å². The van der Waals surface area contributed by atoms with Gasteiger partial charge in [0, 0.05) is 45.2 Å². The summed E-state index contributed by atoms with van der Waals surface area (Å²) in [5, 5.41) is 8.98. The van der Waals surface area contributed by atoms with Crippen LogP contribution >= 0.6 is 0 Å². The number of aromatic nitrogens is 1. The molecule has 1 saturated heterocycles. The van der Waals surface area contributed by atoms with Crippen LogP contribution in [0.25, 0.3) is 0 Å². The third kappa shape index (κ3) is 5.26. The van der Waals surface area contributed by atoms with Crippen LogP contribution in [0.15, 0.2) is 18.3 Å². The smallest absolute Gasteiger partial charge is 0.255 e. The van der Waals surface area contributed by atoms with Crippen LogP contribution in [-0.2, 0) is 4.79 Å². The second-order valence-electron chi connectivity index (χ2n) is 7.20. The number of aliphatic hydroxyl groups is 1. The summed E-state index contributed by atoms with van der Waals surface area (Å²) in [6.45, 7) is 5.84. The lowest BCUT2D eigenvalue weighted by molar-refractivity contribution is -0.124. The van der Waals surface area contributed by atoms with Gasteiger partial charge >= 0.3 is 0 Å². The van der Waals surface area contributed by atoms with E-state index in [0.717, 1.165) is 12.8 Å². The summed E-state index contributed by atoms with van der Waals surface area (Å²) in [6.07, 6.45) is 3.90. The molecule has 1 N–H and O–H groups in total. The average molecular weight is 347 g/mol. The van der Waals surface area contributed by atoms with Crippen LogP contribution in [0.2, 0.25) is 0 Å². The number of Topliss-reactive ketones (excluding diaryl/α,β-unsaturated/α-hetero) is 1. The lowest BCUT2D eigenvalue weighted by atomic mass is 9.89. The third-order valence-electron chi connectivity index (χ3n) is 4.59. The molecule has 1 amide bonds. The third-order valence-corrected chi connectivity index (χ3v) is 4.59. The van der Waals surface area contributed by atoms with Crippen molar-refractivity contribution in [3.05, 3.63) is 23.9 Å². The van der Waals surface area contributed by atoms with Crippen LogP contribution in [-0.4, -0.2) is 60.0 Å². The van der Waals surface area contributed by atoms with Gasteiger partial charge in [0.15, 0.2) is 0 Å². The summed E-state index contributed by atoms with van der Waals surface area (Å²) in [5.74, 6) is 1.24. The van der Waals surface area contributed by atoms with E-state index < -0.39 is 0 Å². The molecule has 0 aliphatic carbocycles. The highest BCUT2D eigenvalue weighted by molar-refractivity contribution is 5.94. The molecule has 1 atom stereocenters. The predicted molar refractivity (Wildman–Crippen MR) is 97.7 cm³/mol. The van der Waals surface area contributed by atoms with E-state index in [4.69, 9.17) is 5.11 Å². The molecule has 0 bridgehead atoms. The van der Waals surface area contributed by atoms with E-state index in [1.54, 1.807) is 23.2 Å². The molecule has 1 aliphatic rings. The van der Waals surface area contributed by atoms with Crippen molar-refractivity contribution in [3.8, 4) is 0 Å². The van der Waals surface area contributed by atoms with E-state index in [1.807, 2.05) is 25.8 Å². The zero-order valence-electron chi connectivity index (χ0n) is 15.4. The van der Waals surface area contributed by atoms with Gasteiger partial charge in [0.1, 0.15) is 11.6 Å². The van der Waals surface area contributed by atoms with Crippen LogP contribution in [0.5, 0.6) is 0 Å². The fourth-order valence-electron chi connectivity index (χ4n) is 3.18. The molecule has 0 unspecified atom stereocenters. The Morgan fingerprint density at radius 1 is 1.40 bits per heavy atom. The van der Waals surface area contributed by atoms with E-state index >= 15 is 0 Å². The Labute approximate surface area is 149 Å². The SMILES string of the molecule is CC(C)CC(=O)[C@@H]1CCCN(C(=O)c2ccc(N(C)CCO)nc2)C1. The number of piperidine rings is 1. The predicted octanol–water partition coefficient (Wildman–Crippen LogP) is 1.98. The van der Waals surface area contributed by atoms with Crippen molar-refractivity contribution >= 4 is 17.5 Å². The number of hydrogen-bond donors (Lipinski definition) is 1. The van der Waals surface area contributed by atoms with Gasteiger partial charge in [0.05, 0.1) is 12.2 Å². The minimum atomic E-state index is -0.0640. The van der Waals surface area contributed by atoms with Gasteiger partial charge in [-0.1, -0.05) is 13.8 Å². The Kier molecular flexibility index (Phi) is 6.93. The maximum Gasteiger partial charge on any atom is 0.255 e. The van der Waals surface area contributed by atoms with E-state index in [1.165, 1.54) is 0 Å².